The lowest BCUT2D eigenvalue weighted by atomic mass is 9.98. The minimum atomic E-state index is -0.172. The Bertz CT molecular complexity index is 606. The molecule has 0 aliphatic rings. The van der Waals surface area contributed by atoms with E-state index in [4.69, 9.17) is 26.8 Å². The molecule has 4 heteroatoms. The second-order valence-electron chi connectivity index (χ2n) is 5.05. The van der Waals surface area contributed by atoms with Gasteiger partial charge in [0.1, 0.15) is 11.5 Å². The van der Waals surface area contributed by atoms with Crippen molar-refractivity contribution in [2.45, 2.75) is 19.4 Å². The van der Waals surface area contributed by atoms with Gasteiger partial charge in [-0.3, -0.25) is 0 Å². The molecule has 3 nitrogen and oxygen atoms in total. The number of hydrogen-bond acceptors (Lipinski definition) is 3. The van der Waals surface area contributed by atoms with Crippen molar-refractivity contribution in [2.24, 2.45) is 5.73 Å². The van der Waals surface area contributed by atoms with Gasteiger partial charge in [-0.2, -0.15) is 0 Å². The third-order valence-electron chi connectivity index (χ3n) is 3.45. The van der Waals surface area contributed by atoms with Gasteiger partial charge in [0.2, 0.25) is 0 Å². The van der Waals surface area contributed by atoms with E-state index in [9.17, 15) is 0 Å². The van der Waals surface area contributed by atoms with Gasteiger partial charge < -0.3 is 15.2 Å². The number of halogens is 1. The van der Waals surface area contributed by atoms with Gasteiger partial charge in [-0.15, -0.1) is 0 Å². The van der Waals surface area contributed by atoms with Crippen molar-refractivity contribution < 1.29 is 9.47 Å². The van der Waals surface area contributed by atoms with Crippen molar-refractivity contribution in [3.8, 4) is 11.5 Å². The largest absolute Gasteiger partial charge is 0.497 e. The van der Waals surface area contributed by atoms with Gasteiger partial charge in [-0.05, 0) is 48.2 Å². The second-order valence-corrected chi connectivity index (χ2v) is 5.46. The number of methoxy groups -OCH3 is 2. The molecule has 21 heavy (non-hydrogen) atoms. The Morgan fingerprint density at radius 1 is 1.05 bits per heavy atom. The fraction of sp³-hybridized carbons (Fsp3) is 0.294. The average molecular weight is 306 g/mol. The molecule has 2 rings (SSSR count). The van der Waals surface area contributed by atoms with Gasteiger partial charge in [0.05, 0.1) is 14.2 Å². The van der Waals surface area contributed by atoms with E-state index in [2.05, 4.69) is 0 Å². The van der Waals surface area contributed by atoms with Crippen molar-refractivity contribution in [1.82, 2.24) is 0 Å². The van der Waals surface area contributed by atoms with Crippen LogP contribution < -0.4 is 15.2 Å². The van der Waals surface area contributed by atoms with E-state index in [-0.39, 0.29) is 6.04 Å². The predicted molar refractivity (Wildman–Crippen MR) is 86.4 cm³/mol. The van der Waals surface area contributed by atoms with Crippen LogP contribution in [-0.4, -0.2) is 14.2 Å². The fourth-order valence-corrected chi connectivity index (χ4v) is 2.53. The zero-order valence-electron chi connectivity index (χ0n) is 12.5. The van der Waals surface area contributed by atoms with Crippen LogP contribution in [0.2, 0.25) is 5.02 Å². The molecule has 0 spiro atoms. The quantitative estimate of drug-likeness (QED) is 0.911. The Kier molecular flexibility index (Phi) is 5.10. The Morgan fingerprint density at radius 3 is 2.19 bits per heavy atom. The monoisotopic (exact) mass is 305 g/mol. The SMILES string of the molecule is COc1cc(OC)cc(C(N)Cc2ccc(C)cc2Cl)c1. The van der Waals surface area contributed by atoms with Crippen LogP contribution in [0.3, 0.4) is 0 Å². The topological polar surface area (TPSA) is 44.5 Å². The van der Waals surface area contributed by atoms with E-state index in [1.54, 1.807) is 14.2 Å². The first kappa shape index (κ1) is 15.7. The second kappa shape index (κ2) is 6.83. The number of nitrogens with two attached hydrogens (primary N) is 1. The van der Waals surface area contributed by atoms with Crippen LogP contribution in [0.4, 0.5) is 0 Å². The molecule has 112 valence electrons. The highest BCUT2D eigenvalue weighted by molar-refractivity contribution is 6.31. The summed E-state index contributed by atoms with van der Waals surface area (Å²) in [5.41, 5.74) is 9.45. The Labute approximate surface area is 130 Å². The molecule has 0 amide bonds. The predicted octanol–water partition coefficient (Wildman–Crippen LogP) is 3.91. The maximum atomic E-state index is 6.31. The van der Waals surface area contributed by atoms with Gasteiger partial charge in [0.15, 0.2) is 0 Å². The highest BCUT2D eigenvalue weighted by Crippen LogP contribution is 2.28. The summed E-state index contributed by atoms with van der Waals surface area (Å²) < 4.78 is 10.6. The van der Waals surface area contributed by atoms with Crippen LogP contribution in [0.1, 0.15) is 22.7 Å². The van der Waals surface area contributed by atoms with E-state index >= 15 is 0 Å². The lowest BCUT2D eigenvalue weighted by molar-refractivity contribution is 0.392. The highest BCUT2D eigenvalue weighted by atomic mass is 35.5. The molecule has 0 fully saturated rings. The summed E-state index contributed by atoms with van der Waals surface area (Å²) in [6.45, 7) is 2.02. The van der Waals surface area contributed by atoms with Crippen LogP contribution >= 0.6 is 11.6 Å². The van der Waals surface area contributed by atoms with Crippen molar-refractivity contribution in [1.29, 1.82) is 0 Å². The Balaban J connectivity index is 2.25. The first-order chi connectivity index (χ1) is 10.0. The van der Waals surface area contributed by atoms with Crippen molar-refractivity contribution in [2.75, 3.05) is 14.2 Å². The average Bonchev–Trinajstić information content (AvgIpc) is 2.49. The molecule has 0 aliphatic heterocycles. The molecule has 0 aliphatic carbocycles. The van der Waals surface area contributed by atoms with Crippen LogP contribution in [0.25, 0.3) is 0 Å². The number of benzene rings is 2. The van der Waals surface area contributed by atoms with E-state index < -0.39 is 0 Å². The molecule has 0 bridgehead atoms. The smallest absolute Gasteiger partial charge is 0.122 e. The molecule has 0 heterocycles. The zero-order chi connectivity index (χ0) is 15.4. The summed E-state index contributed by atoms with van der Waals surface area (Å²) in [6, 6.07) is 11.5. The maximum absolute atomic E-state index is 6.31. The van der Waals surface area contributed by atoms with E-state index in [1.165, 1.54) is 0 Å². The minimum absolute atomic E-state index is 0.172. The van der Waals surface area contributed by atoms with Gasteiger partial charge >= 0.3 is 0 Å². The Morgan fingerprint density at radius 2 is 1.67 bits per heavy atom. The van der Waals surface area contributed by atoms with Crippen molar-refractivity contribution in [3.63, 3.8) is 0 Å². The lowest BCUT2D eigenvalue weighted by Crippen LogP contribution is -2.14. The summed E-state index contributed by atoms with van der Waals surface area (Å²) in [4.78, 5) is 0. The third kappa shape index (κ3) is 3.90. The van der Waals surface area contributed by atoms with Gasteiger partial charge in [0.25, 0.3) is 0 Å². The molecular weight excluding hydrogens is 286 g/mol. The summed E-state index contributed by atoms with van der Waals surface area (Å²) in [5, 5.41) is 0.750. The molecule has 1 unspecified atom stereocenters. The first-order valence-electron chi connectivity index (χ1n) is 6.77. The fourth-order valence-electron chi connectivity index (χ4n) is 2.22. The molecule has 0 aromatic heterocycles. The molecule has 2 N–H and O–H groups in total. The molecule has 0 saturated heterocycles. The zero-order valence-corrected chi connectivity index (χ0v) is 13.3. The Hall–Kier alpha value is -1.71. The van der Waals surface area contributed by atoms with E-state index in [1.807, 2.05) is 43.3 Å². The van der Waals surface area contributed by atoms with Crippen LogP contribution in [-0.2, 0) is 6.42 Å². The van der Waals surface area contributed by atoms with Crippen molar-refractivity contribution in [3.05, 3.63) is 58.1 Å². The van der Waals surface area contributed by atoms with Gasteiger partial charge in [-0.1, -0.05) is 23.7 Å². The molecule has 0 saturated carbocycles. The maximum Gasteiger partial charge on any atom is 0.122 e. The summed E-state index contributed by atoms with van der Waals surface area (Å²) >= 11 is 6.27. The minimum Gasteiger partial charge on any atom is -0.497 e. The number of ether oxygens (including phenoxy) is 2. The molecule has 0 radical (unpaired) electrons. The number of rotatable bonds is 5. The third-order valence-corrected chi connectivity index (χ3v) is 3.80. The van der Waals surface area contributed by atoms with E-state index in [0.717, 1.165) is 33.2 Å². The summed E-state index contributed by atoms with van der Waals surface area (Å²) in [5.74, 6) is 1.46. The summed E-state index contributed by atoms with van der Waals surface area (Å²) in [6.07, 6.45) is 0.662. The van der Waals surface area contributed by atoms with Crippen LogP contribution in [0.15, 0.2) is 36.4 Å². The van der Waals surface area contributed by atoms with E-state index in [0.29, 0.717) is 6.42 Å². The number of aryl methyl sites for hydroxylation is 1. The highest BCUT2D eigenvalue weighted by Gasteiger charge is 2.12. The van der Waals surface area contributed by atoms with Crippen molar-refractivity contribution >= 4 is 11.6 Å². The number of hydrogen-bond donors (Lipinski definition) is 1. The van der Waals surface area contributed by atoms with Crippen LogP contribution in [0.5, 0.6) is 11.5 Å². The lowest BCUT2D eigenvalue weighted by Gasteiger charge is -2.16. The molecule has 1 atom stereocenters. The van der Waals surface area contributed by atoms with Crippen LogP contribution in [0, 0.1) is 6.92 Å². The standard InChI is InChI=1S/C17H20ClNO2/c1-11-4-5-12(16(18)6-11)9-17(19)13-7-14(20-2)10-15(8-13)21-3/h4-8,10,17H,9,19H2,1-3H3. The van der Waals surface area contributed by atoms with Gasteiger partial charge in [-0.25, -0.2) is 0 Å². The molecule has 2 aromatic rings. The normalized spacial score (nSPS) is 12.0. The molecular formula is C17H20ClNO2. The van der Waals surface area contributed by atoms with Gasteiger partial charge in [0, 0.05) is 17.1 Å². The summed E-state index contributed by atoms with van der Waals surface area (Å²) in [7, 11) is 3.25. The first-order valence-corrected chi connectivity index (χ1v) is 7.15. The molecule has 2 aromatic carbocycles.